The third-order valence-electron chi connectivity index (χ3n) is 3.35. The minimum absolute atomic E-state index is 0.0353. The molecule has 0 fully saturated rings. The van der Waals surface area contributed by atoms with Gasteiger partial charge in [0.1, 0.15) is 11.5 Å². The fourth-order valence-electron chi connectivity index (χ4n) is 2.04. The van der Waals surface area contributed by atoms with Crippen LogP contribution in [0.2, 0.25) is 0 Å². The maximum absolute atomic E-state index is 12.8. The van der Waals surface area contributed by atoms with Crippen LogP contribution >= 0.6 is 0 Å². The standard InChI is InChI=1S/C17H14FN5O3/c18-12-6-4-11(5-7-12)17(25)22-21-14(24)8-9-15-20-16(23-26-15)13-3-1-2-10-19-13/h1-7,10H,8-9H2,(H,21,24)(H,22,25). The second-order valence-electron chi connectivity index (χ2n) is 5.24. The van der Waals surface area contributed by atoms with Gasteiger partial charge in [-0.05, 0) is 36.4 Å². The van der Waals surface area contributed by atoms with Crippen LogP contribution in [0.4, 0.5) is 4.39 Å². The number of aryl methyl sites for hydroxylation is 1. The van der Waals surface area contributed by atoms with E-state index in [4.69, 9.17) is 4.52 Å². The quantitative estimate of drug-likeness (QED) is 0.674. The molecule has 0 aliphatic rings. The van der Waals surface area contributed by atoms with Gasteiger partial charge in [0.2, 0.25) is 17.6 Å². The summed E-state index contributed by atoms with van der Waals surface area (Å²) < 4.78 is 17.9. The van der Waals surface area contributed by atoms with Gasteiger partial charge in [-0.2, -0.15) is 4.98 Å². The zero-order valence-electron chi connectivity index (χ0n) is 13.5. The van der Waals surface area contributed by atoms with Crippen LogP contribution < -0.4 is 10.9 Å². The van der Waals surface area contributed by atoms with Crippen molar-refractivity contribution in [3.05, 3.63) is 65.9 Å². The van der Waals surface area contributed by atoms with Crippen LogP contribution in [0, 0.1) is 5.82 Å². The number of nitrogens with zero attached hydrogens (tertiary/aromatic N) is 3. The van der Waals surface area contributed by atoms with Gasteiger partial charge in [-0.1, -0.05) is 11.2 Å². The summed E-state index contributed by atoms with van der Waals surface area (Å²) in [5, 5.41) is 3.80. The molecule has 0 atom stereocenters. The molecule has 0 spiro atoms. The third kappa shape index (κ3) is 4.47. The molecular formula is C17H14FN5O3. The Labute approximate surface area is 147 Å². The number of pyridine rings is 1. The van der Waals surface area contributed by atoms with E-state index in [9.17, 15) is 14.0 Å². The summed E-state index contributed by atoms with van der Waals surface area (Å²) in [6.07, 6.45) is 1.86. The van der Waals surface area contributed by atoms with E-state index >= 15 is 0 Å². The fraction of sp³-hybridized carbons (Fsp3) is 0.118. The first-order chi connectivity index (χ1) is 12.6. The molecule has 0 saturated heterocycles. The molecule has 8 nitrogen and oxygen atoms in total. The number of benzene rings is 1. The molecule has 0 radical (unpaired) electrons. The molecule has 2 amide bonds. The Morgan fingerprint density at radius 1 is 1.08 bits per heavy atom. The van der Waals surface area contributed by atoms with E-state index in [0.29, 0.717) is 11.5 Å². The second kappa shape index (κ2) is 7.97. The van der Waals surface area contributed by atoms with Crippen LogP contribution in [0.5, 0.6) is 0 Å². The van der Waals surface area contributed by atoms with Gasteiger partial charge < -0.3 is 4.52 Å². The summed E-state index contributed by atoms with van der Waals surface area (Å²) in [7, 11) is 0. The molecule has 3 aromatic rings. The number of hydrogen-bond acceptors (Lipinski definition) is 6. The minimum atomic E-state index is -0.548. The molecular weight excluding hydrogens is 341 g/mol. The first kappa shape index (κ1) is 17.2. The summed E-state index contributed by atoms with van der Waals surface area (Å²) in [5.41, 5.74) is 5.31. The normalized spacial score (nSPS) is 10.3. The Bertz CT molecular complexity index is 896. The van der Waals surface area contributed by atoms with Crippen molar-refractivity contribution in [1.29, 1.82) is 0 Å². The first-order valence-electron chi connectivity index (χ1n) is 7.70. The predicted molar refractivity (Wildman–Crippen MR) is 87.9 cm³/mol. The summed E-state index contributed by atoms with van der Waals surface area (Å²) in [5.74, 6) is -0.807. The van der Waals surface area contributed by atoms with Gasteiger partial charge in [-0.15, -0.1) is 0 Å². The Morgan fingerprint density at radius 3 is 2.62 bits per heavy atom. The molecule has 2 heterocycles. The highest BCUT2D eigenvalue weighted by atomic mass is 19.1. The van der Waals surface area contributed by atoms with Gasteiger partial charge in [0.05, 0.1) is 0 Å². The van der Waals surface area contributed by atoms with E-state index in [1.54, 1.807) is 24.4 Å². The average Bonchev–Trinajstić information content (AvgIpc) is 3.15. The lowest BCUT2D eigenvalue weighted by molar-refractivity contribution is -0.121. The predicted octanol–water partition coefficient (Wildman–Crippen LogP) is 1.66. The molecule has 0 unspecified atom stereocenters. The maximum Gasteiger partial charge on any atom is 0.269 e. The molecule has 3 rings (SSSR count). The molecule has 0 saturated carbocycles. The molecule has 9 heteroatoms. The van der Waals surface area contributed by atoms with Gasteiger partial charge in [-0.3, -0.25) is 25.4 Å². The van der Waals surface area contributed by atoms with E-state index in [1.165, 1.54) is 12.1 Å². The molecule has 26 heavy (non-hydrogen) atoms. The van der Waals surface area contributed by atoms with Crippen molar-refractivity contribution < 1.29 is 18.5 Å². The van der Waals surface area contributed by atoms with Crippen molar-refractivity contribution in [3.8, 4) is 11.5 Å². The molecule has 2 aromatic heterocycles. The van der Waals surface area contributed by atoms with Gasteiger partial charge in [-0.25, -0.2) is 4.39 Å². The van der Waals surface area contributed by atoms with Crippen LogP contribution in [0.1, 0.15) is 22.7 Å². The van der Waals surface area contributed by atoms with E-state index < -0.39 is 17.6 Å². The molecule has 0 bridgehead atoms. The van der Waals surface area contributed by atoms with E-state index in [1.807, 2.05) is 0 Å². The highest BCUT2D eigenvalue weighted by Crippen LogP contribution is 2.12. The van der Waals surface area contributed by atoms with Crippen LogP contribution in [-0.2, 0) is 11.2 Å². The number of carbonyl (C=O) groups is 2. The number of hydrogen-bond donors (Lipinski definition) is 2. The molecule has 1 aromatic carbocycles. The Hall–Kier alpha value is -3.62. The zero-order chi connectivity index (χ0) is 18.4. The van der Waals surface area contributed by atoms with E-state index in [2.05, 4.69) is 26.0 Å². The van der Waals surface area contributed by atoms with Crippen molar-refractivity contribution in [2.75, 3.05) is 0 Å². The van der Waals surface area contributed by atoms with E-state index in [0.717, 1.165) is 12.1 Å². The smallest absolute Gasteiger partial charge is 0.269 e. The SMILES string of the molecule is O=C(CCc1nc(-c2ccccn2)no1)NNC(=O)c1ccc(F)cc1. The number of halogens is 1. The average molecular weight is 355 g/mol. The van der Waals surface area contributed by atoms with Crippen LogP contribution in [0.15, 0.2) is 53.2 Å². The van der Waals surface area contributed by atoms with Crippen LogP contribution in [0.3, 0.4) is 0 Å². The van der Waals surface area contributed by atoms with Crippen molar-refractivity contribution in [3.63, 3.8) is 0 Å². The zero-order valence-corrected chi connectivity index (χ0v) is 13.5. The number of rotatable bonds is 5. The van der Waals surface area contributed by atoms with Crippen molar-refractivity contribution in [2.24, 2.45) is 0 Å². The van der Waals surface area contributed by atoms with Crippen LogP contribution in [-0.4, -0.2) is 26.9 Å². The Morgan fingerprint density at radius 2 is 1.88 bits per heavy atom. The number of amides is 2. The van der Waals surface area contributed by atoms with Crippen molar-refractivity contribution in [1.82, 2.24) is 26.0 Å². The molecule has 2 N–H and O–H groups in total. The summed E-state index contributed by atoms with van der Waals surface area (Å²) in [6, 6.07) is 10.3. The topological polar surface area (TPSA) is 110 Å². The van der Waals surface area contributed by atoms with Gasteiger partial charge in [0, 0.05) is 24.6 Å². The lowest BCUT2D eigenvalue weighted by Crippen LogP contribution is -2.41. The Kier molecular flexibility index (Phi) is 5.28. The number of aromatic nitrogens is 3. The first-order valence-corrected chi connectivity index (χ1v) is 7.70. The minimum Gasteiger partial charge on any atom is -0.339 e. The molecule has 0 aliphatic carbocycles. The third-order valence-corrected chi connectivity index (χ3v) is 3.35. The monoisotopic (exact) mass is 355 g/mol. The van der Waals surface area contributed by atoms with Gasteiger partial charge in [0.25, 0.3) is 5.91 Å². The van der Waals surface area contributed by atoms with Crippen molar-refractivity contribution >= 4 is 11.8 Å². The highest BCUT2D eigenvalue weighted by Gasteiger charge is 2.12. The number of carbonyl (C=O) groups excluding carboxylic acids is 2. The Balaban J connectivity index is 1.46. The van der Waals surface area contributed by atoms with Crippen LogP contribution in [0.25, 0.3) is 11.5 Å². The molecule has 132 valence electrons. The highest BCUT2D eigenvalue weighted by molar-refractivity contribution is 5.95. The second-order valence-corrected chi connectivity index (χ2v) is 5.24. The summed E-state index contributed by atoms with van der Waals surface area (Å²) in [4.78, 5) is 31.9. The fourth-order valence-corrected chi connectivity index (χ4v) is 2.04. The lowest BCUT2D eigenvalue weighted by atomic mass is 10.2. The van der Waals surface area contributed by atoms with Gasteiger partial charge in [0.15, 0.2) is 0 Å². The largest absolute Gasteiger partial charge is 0.339 e. The van der Waals surface area contributed by atoms with Gasteiger partial charge >= 0.3 is 0 Å². The summed E-state index contributed by atoms with van der Waals surface area (Å²) in [6.45, 7) is 0. The number of nitrogens with one attached hydrogen (secondary N) is 2. The number of hydrazine groups is 1. The summed E-state index contributed by atoms with van der Waals surface area (Å²) >= 11 is 0. The molecule has 0 aliphatic heterocycles. The van der Waals surface area contributed by atoms with Crippen molar-refractivity contribution in [2.45, 2.75) is 12.8 Å². The van der Waals surface area contributed by atoms with E-state index in [-0.39, 0.29) is 24.3 Å². The maximum atomic E-state index is 12.8. The lowest BCUT2D eigenvalue weighted by Gasteiger charge is -2.06.